The first-order valence-electron chi connectivity index (χ1n) is 9.06. The van der Waals surface area contributed by atoms with E-state index >= 15 is 0 Å². The normalized spacial score (nSPS) is 30.7. The van der Waals surface area contributed by atoms with Crippen LogP contribution < -0.4 is 17.7 Å². The Bertz CT molecular complexity index is 490. The number of fused-ring (bicyclic) bond motifs is 2. The molecule has 0 saturated heterocycles. The molecule has 3 rings (SSSR count). The summed E-state index contributed by atoms with van der Waals surface area (Å²) in [5, 5.41) is 12.8. The molecule has 0 heterocycles. The summed E-state index contributed by atoms with van der Waals surface area (Å²) in [6, 6.07) is 10.3. The molecule has 0 radical (unpaired) electrons. The summed E-state index contributed by atoms with van der Waals surface area (Å²) in [6.07, 6.45) is 5.33. The molecule has 1 aromatic carbocycles. The minimum Gasteiger partial charge on any atom is -1.00 e. The number of quaternary nitrogens is 1. The van der Waals surface area contributed by atoms with Gasteiger partial charge in [-0.1, -0.05) is 44.2 Å². The van der Waals surface area contributed by atoms with Gasteiger partial charge >= 0.3 is 0 Å². The van der Waals surface area contributed by atoms with Crippen molar-refractivity contribution >= 4 is 0 Å². The average Bonchev–Trinajstić information content (AvgIpc) is 3.08. The molecule has 5 unspecified atom stereocenters. The molecule has 2 fully saturated rings. The van der Waals surface area contributed by atoms with Crippen LogP contribution >= 0.6 is 0 Å². The fraction of sp³-hybridized carbons (Fsp3) is 0.700. The summed E-state index contributed by atoms with van der Waals surface area (Å²) >= 11 is 0. The lowest BCUT2D eigenvalue weighted by Gasteiger charge is -2.38. The van der Waals surface area contributed by atoms with E-state index in [9.17, 15) is 5.11 Å². The van der Waals surface area contributed by atoms with E-state index in [2.05, 4.69) is 26.1 Å². The van der Waals surface area contributed by atoms with E-state index in [0.717, 1.165) is 29.9 Å². The van der Waals surface area contributed by atoms with Crippen LogP contribution in [0.15, 0.2) is 30.3 Å². The standard InChI is InChI=1S/C20H31NO.ClH/c1-14(19(22)15-7-5-4-6-8-15)21-12-11-18-16-9-10-17(13-16)20(18,2)3;/h4-8,14,16-19,21-22H,9-13H2,1-3H3;1H. The van der Waals surface area contributed by atoms with E-state index in [1.54, 1.807) is 0 Å². The second kappa shape index (κ2) is 7.55. The SMILES string of the molecule is CC([NH2+]CCC1C2CCC(C2)C1(C)C)C(O)c1ccccc1.[Cl-]. The van der Waals surface area contributed by atoms with Gasteiger partial charge in [0.25, 0.3) is 0 Å². The lowest BCUT2D eigenvalue weighted by molar-refractivity contribution is -0.695. The maximum absolute atomic E-state index is 10.5. The number of hydrogen-bond donors (Lipinski definition) is 2. The smallest absolute Gasteiger partial charge is 0.130 e. The molecule has 130 valence electrons. The van der Waals surface area contributed by atoms with Crippen LogP contribution in [0.4, 0.5) is 0 Å². The lowest BCUT2D eigenvalue weighted by Crippen LogP contribution is -3.00. The van der Waals surface area contributed by atoms with Crippen molar-refractivity contribution in [2.24, 2.45) is 23.2 Å². The van der Waals surface area contributed by atoms with Gasteiger partial charge in [-0.25, -0.2) is 0 Å². The van der Waals surface area contributed by atoms with Gasteiger partial charge in [-0.3, -0.25) is 0 Å². The van der Waals surface area contributed by atoms with Crippen molar-refractivity contribution in [1.82, 2.24) is 0 Å². The Kier molecular flexibility index (Phi) is 6.16. The van der Waals surface area contributed by atoms with Crippen LogP contribution in [0.3, 0.4) is 0 Å². The Morgan fingerprint density at radius 1 is 1.22 bits per heavy atom. The van der Waals surface area contributed by atoms with Crippen molar-refractivity contribution in [2.75, 3.05) is 6.54 Å². The summed E-state index contributed by atoms with van der Waals surface area (Å²) < 4.78 is 0. The summed E-state index contributed by atoms with van der Waals surface area (Å²) in [6.45, 7) is 8.26. The quantitative estimate of drug-likeness (QED) is 0.761. The molecule has 5 atom stereocenters. The van der Waals surface area contributed by atoms with Crippen LogP contribution in [-0.4, -0.2) is 17.7 Å². The predicted molar refractivity (Wildman–Crippen MR) is 90.4 cm³/mol. The van der Waals surface area contributed by atoms with Gasteiger partial charge < -0.3 is 22.8 Å². The van der Waals surface area contributed by atoms with Crippen molar-refractivity contribution in [1.29, 1.82) is 0 Å². The molecular weight excluding hydrogens is 306 g/mol. The molecule has 3 heteroatoms. The van der Waals surface area contributed by atoms with Crippen LogP contribution in [0.5, 0.6) is 0 Å². The van der Waals surface area contributed by atoms with Gasteiger partial charge in [-0.05, 0) is 54.9 Å². The predicted octanol–water partition coefficient (Wildman–Crippen LogP) is 0.138. The third-order valence-corrected chi connectivity index (χ3v) is 6.71. The number of nitrogens with two attached hydrogens (primary N) is 1. The number of benzene rings is 1. The van der Waals surface area contributed by atoms with Gasteiger partial charge in [0.1, 0.15) is 12.1 Å². The lowest BCUT2D eigenvalue weighted by atomic mass is 9.67. The Labute approximate surface area is 147 Å². The zero-order valence-electron chi connectivity index (χ0n) is 14.7. The van der Waals surface area contributed by atoms with Gasteiger partial charge in [-0.15, -0.1) is 0 Å². The Hall–Kier alpha value is -0.570. The Morgan fingerprint density at radius 2 is 1.91 bits per heavy atom. The number of halogens is 1. The summed E-state index contributed by atoms with van der Waals surface area (Å²) in [7, 11) is 0. The number of hydrogen-bond acceptors (Lipinski definition) is 1. The monoisotopic (exact) mass is 337 g/mol. The molecule has 1 aromatic rings. The van der Waals surface area contributed by atoms with E-state index in [4.69, 9.17) is 0 Å². The number of aliphatic hydroxyl groups is 1. The van der Waals surface area contributed by atoms with Crippen molar-refractivity contribution in [3.63, 3.8) is 0 Å². The highest BCUT2D eigenvalue weighted by molar-refractivity contribution is 5.17. The second-order valence-electron chi connectivity index (χ2n) is 8.23. The summed E-state index contributed by atoms with van der Waals surface area (Å²) in [5.74, 6) is 2.83. The van der Waals surface area contributed by atoms with Gasteiger partial charge in [-0.2, -0.15) is 0 Å². The zero-order chi connectivity index (χ0) is 15.7. The van der Waals surface area contributed by atoms with E-state index in [-0.39, 0.29) is 24.6 Å². The van der Waals surface area contributed by atoms with Crippen molar-refractivity contribution in [2.45, 2.75) is 58.6 Å². The first-order valence-corrected chi connectivity index (χ1v) is 9.06. The van der Waals surface area contributed by atoms with Crippen LogP contribution in [0.2, 0.25) is 0 Å². The van der Waals surface area contributed by atoms with Gasteiger partial charge in [0, 0.05) is 6.42 Å². The molecule has 2 nitrogen and oxygen atoms in total. The first kappa shape index (κ1) is 18.8. The third-order valence-electron chi connectivity index (χ3n) is 6.71. The average molecular weight is 338 g/mol. The van der Waals surface area contributed by atoms with Gasteiger partial charge in [0.15, 0.2) is 0 Å². The molecule has 23 heavy (non-hydrogen) atoms. The first-order chi connectivity index (χ1) is 10.5. The minimum absolute atomic E-state index is 0. The molecule has 2 bridgehead atoms. The zero-order valence-corrected chi connectivity index (χ0v) is 15.5. The molecule has 0 spiro atoms. The van der Waals surface area contributed by atoms with Crippen LogP contribution in [0.25, 0.3) is 0 Å². The molecule has 2 aliphatic rings. The molecule has 0 aromatic heterocycles. The van der Waals surface area contributed by atoms with Crippen molar-refractivity contribution in [3.8, 4) is 0 Å². The van der Waals surface area contributed by atoms with E-state index < -0.39 is 0 Å². The minimum atomic E-state index is -0.366. The van der Waals surface area contributed by atoms with E-state index in [1.807, 2.05) is 30.3 Å². The number of aliphatic hydroxyl groups excluding tert-OH is 1. The second-order valence-corrected chi connectivity index (χ2v) is 8.23. The summed E-state index contributed by atoms with van der Waals surface area (Å²) in [4.78, 5) is 0. The Balaban J connectivity index is 0.00000192. The largest absolute Gasteiger partial charge is 1.00 e. The molecule has 0 aliphatic heterocycles. The van der Waals surface area contributed by atoms with Crippen molar-refractivity contribution in [3.05, 3.63) is 35.9 Å². The summed E-state index contributed by atoms with van der Waals surface area (Å²) in [5.41, 5.74) is 1.57. The molecule has 0 amide bonds. The van der Waals surface area contributed by atoms with E-state index in [0.29, 0.717) is 5.41 Å². The molecular formula is C20H32ClNO. The Morgan fingerprint density at radius 3 is 2.52 bits per heavy atom. The fourth-order valence-corrected chi connectivity index (χ4v) is 5.20. The van der Waals surface area contributed by atoms with Crippen molar-refractivity contribution < 1.29 is 22.8 Å². The fourth-order valence-electron chi connectivity index (χ4n) is 5.20. The molecule has 3 N–H and O–H groups in total. The molecule has 2 aliphatic carbocycles. The highest BCUT2D eigenvalue weighted by atomic mass is 35.5. The number of rotatable bonds is 6. The highest BCUT2D eigenvalue weighted by Gasteiger charge is 2.52. The topological polar surface area (TPSA) is 36.8 Å². The van der Waals surface area contributed by atoms with Crippen LogP contribution in [0, 0.1) is 23.2 Å². The maximum Gasteiger partial charge on any atom is 0.130 e. The van der Waals surface area contributed by atoms with Gasteiger partial charge in [0.2, 0.25) is 0 Å². The molecule has 2 saturated carbocycles. The van der Waals surface area contributed by atoms with E-state index in [1.165, 1.54) is 25.7 Å². The van der Waals surface area contributed by atoms with Gasteiger partial charge in [0.05, 0.1) is 6.54 Å². The highest BCUT2D eigenvalue weighted by Crippen LogP contribution is 2.60. The van der Waals surface area contributed by atoms with Crippen LogP contribution in [-0.2, 0) is 0 Å². The maximum atomic E-state index is 10.5. The third kappa shape index (κ3) is 3.75. The van der Waals surface area contributed by atoms with Crippen LogP contribution in [0.1, 0.15) is 58.1 Å².